The van der Waals surface area contributed by atoms with Crippen LogP contribution in [0, 0.1) is 10.1 Å². The molecule has 1 amide bonds. The number of hydrogen-bond acceptors (Lipinski definition) is 17. The fourth-order valence-corrected chi connectivity index (χ4v) is 8.75. The third kappa shape index (κ3) is 12.1. The topological polar surface area (TPSA) is 319 Å². The average molecular weight is 788 g/mol. The molecule has 5 atom stereocenters. The van der Waals surface area contributed by atoms with E-state index in [0.717, 1.165) is 16.8 Å². The maximum absolute atomic E-state index is 12.6. The van der Waals surface area contributed by atoms with Crippen LogP contribution in [0.3, 0.4) is 0 Å². The molecule has 1 aliphatic rings. The molecule has 1 aromatic carbocycles. The number of nitrogens with one attached hydrogen (secondary N) is 1. The summed E-state index contributed by atoms with van der Waals surface area (Å²) in [5.74, 6) is -0.276. The number of nitro groups is 1. The van der Waals surface area contributed by atoms with Gasteiger partial charge in [0.15, 0.2) is 0 Å². The predicted molar refractivity (Wildman–Crippen MR) is 166 cm³/mol. The highest BCUT2D eigenvalue weighted by Gasteiger charge is 2.43. The number of phosphoric acid groups is 3. The lowest BCUT2D eigenvalue weighted by Gasteiger charge is -2.19. The Morgan fingerprint density at radius 1 is 1.10 bits per heavy atom. The summed E-state index contributed by atoms with van der Waals surface area (Å²) in [6.07, 6.45) is -2.69. The molecule has 1 fully saturated rings. The Hall–Kier alpha value is -3.05. The summed E-state index contributed by atoms with van der Waals surface area (Å²) in [6.45, 7) is -1.45. The number of carbonyl (C=O) groups is 1. The molecule has 0 radical (unpaired) electrons. The van der Waals surface area contributed by atoms with Crippen molar-refractivity contribution in [3.8, 4) is 0 Å². The summed E-state index contributed by atoms with van der Waals surface area (Å²) in [5, 5.41) is 24.8. The second kappa shape index (κ2) is 16.3. The number of benzene rings is 1. The molecule has 0 saturated carbocycles. The Kier molecular flexibility index (Phi) is 12.9. The molecular weight excluding hydrogens is 763 g/mol. The number of carbonyl (C=O) groups excluding carboxylic acids is 1. The number of rotatable bonds is 15. The maximum atomic E-state index is 12.6. The van der Waals surface area contributed by atoms with Gasteiger partial charge in [0.2, 0.25) is 0 Å². The predicted octanol–water partition coefficient (Wildman–Crippen LogP) is 3.09. The van der Waals surface area contributed by atoms with Crippen LogP contribution in [-0.2, 0) is 42.9 Å². The van der Waals surface area contributed by atoms with E-state index in [2.05, 4.69) is 28.4 Å². The van der Waals surface area contributed by atoms with E-state index in [1.807, 2.05) is 0 Å². The first kappa shape index (κ1) is 38.7. The van der Waals surface area contributed by atoms with Gasteiger partial charge in [-0.15, -0.1) is 0 Å². The van der Waals surface area contributed by atoms with Gasteiger partial charge in [0.05, 0.1) is 23.2 Å². The number of aliphatic hydroxyl groups is 1. The molecule has 0 bridgehead atoms. The molecule has 1 saturated heterocycles. The molecule has 49 heavy (non-hydrogen) atoms. The molecule has 27 heteroatoms. The first-order valence-corrected chi connectivity index (χ1v) is 19.7. The second-order valence-corrected chi connectivity index (χ2v) is 16.0. The summed E-state index contributed by atoms with van der Waals surface area (Å²) in [4.78, 5) is 80.4. The van der Waals surface area contributed by atoms with E-state index < -0.39 is 71.8 Å². The van der Waals surface area contributed by atoms with Crippen LogP contribution >= 0.6 is 45.1 Å². The molecule has 266 valence electrons. The maximum Gasteiger partial charge on any atom is 0.490 e. The van der Waals surface area contributed by atoms with E-state index in [9.17, 15) is 48.3 Å². The third-order valence-electron chi connectivity index (χ3n) is 5.87. The van der Waals surface area contributed by atoms with E-state index in [1.54, 1.807) is 30.5 Å². The molecule has 2 aromatic heterocycles. The molecule has 6 N–H and O–H groups in total. The molecule has 3 aromatic rings. The third-order valence-corrected chi connectivity index (χ3v) is 11.9. The fraction of sp³-hybridized carbons (Fsp3) is 0.273. The van der Waals surface area contributed by atoms with Crippen molar-refractivity contribution in [1.29, 1.82) is 0 Å². The van der Waals surface area contributed by atoms with E-state index in [-0.39, 0.29) is 23.5 Å². The quantitative estimate of drug-likeness (QED) is 0.0558. The first-order chi connectivity index (χ1) is 22.9. The van der Waals surface area contributed by atoms with Crippen LogP contribution in [0.5, 0.6) is 0 Å². The lowest BCUT2D eigenvalue weighted by molar-refractivity contribution is -0.386. The van der Waals surface area contributed by atoms with E-state index in [0.29, 0.717) is 9.92 Å². The van der Waals surface area contributed by atoms with Crippen LogP contribution in [0.4, 0.5) is 16.3 Å². The molecule has 0 aliphatic carbocycles. The Balaban J connectivity index is 1.30. The standard InChI is InChI=1S/C22H24N5O17P3S2/c28-16-10-20(42-17(16)12-41-46(36,37)44-47(38,39)43-45(33,34)35)26-8-6-18(24-21(26)29)25-22(30)40-11-13-4-5-14(9-15(13)27(31)32)48-49-19-3-1-2-7-23-19/h1-9,16-17,20,28H,10-12H2,(H,36,37)(H,38,39)(H2,33,34,35)(H,24,25,29,30)/t16?,17-,20-/m1/s1. The summed E-state index contributed by atoms with van der Waals surface area (Å²) < 4.78 is 57.1. The smallest absolute Gasteiger partial charge is 0.444 e. The van der Waals surface area contributed by atoms with Crippen molar-refractivity contribution in [3.63, 3.8) is 0 Å². The van der Waals surface area contributed by atoms with Gasteiger partial charge in [-0.2, -0.15) is 13.6 Å². The van der Waals surface area contributed by atoms with Crippen molar-refractivity contribution >= 4 is 62.7 Å². The summed E-state index contributed by atoms with van der Waals surface area (Å²) >= 11 is 0. The first-order valence-electron chi connectivity index (χ1n) is 13.1. The number of phosphoric ester groups is 1. The second-order valence-electron chi connectivity index (χ2n) is 9.41. The van der Waals surface area contributed by atoms with Crippen LogP contribution in [0.1, 0.15) is 18.2 Å². The zero-order valence-electron chi connectivity index (χ0n) is 24.1. The zero-order valence-corrected chi connectivity index (χ0v) is 28.4. The fourth-order valence-electron chi connectivity index (χ4n) is 3.87. The van der Waals surface area contributed by atoms with Crippen LogP contribution < -0.4 is 11.0 Å². The molecular formula is C22H24N5O17P3S2. The zero-order chi connectivity index (χ0) is 36.0. The Labute approximate surface area is 281 Å². The number of aromatic nitrogens is 3. The number of anilines is 1. The van der Waals surface area contributed by atoms with Crippen molar-refractivity contribution in [2.75, 3.05) is 11.9 Å². The number of pyridine rings is 1. The molecule has 0 spiro atoms. The molecule has 4 rings (SSSR count). The van der Waals surface area contributed by atoms with Crippen molar-refractivity contribution in [2.45, 2.75) is 41.4 Å². The number of nitro benzene ring substituents is 1. The van der Waals surface area contributed by atoms with E-state index in [4.69, 9.17) is 19.3 Å². The number of nitrogens with zero attached hydrogens (tertiary/aromatic N) is 4. The van der Waals surface area contributed by atoms with Crippen LogP contribution in [0.15, 0.2) is 69.6 Å². The Morgan fingerprint density at radius 2 is 1.86 bits per heavy atom. The summed E-state index contributed by atoms with van der Waals surface area (Å²) in [7, 11) is -14.3. The van der Waals surface area contributed by atoms with Crippen molar-refractivity contribution in [1.82, 2.24) is 14.5 Å². The minimum atomic E-state index is -5.76. The van der Waals surface area contributed by atoms with Crippen LogP contribution in [-0.4, -0.2) is 69.0 Å². The van der Waals surface area contributed by atoms with Crippen LogP contribution in [0.2, 0.25) is 0 Å². The normalized spacial score (nSPS) is 20.2. The van der Waals surface area contributed by atoms with Gasteiger partial charge >= 0.3 is 35.3 Å². The minimum Gasteiger partial charge on any atom is -0.444 e. The van der Waals surface area contributed by atoms with Crippen molar-refractivity contribution in [2.24, 2.45) is 0 Å². The van der Waals surface area contributed by atoms with Gasteiger partial charge < -0.3 is 34.2 Å². The van der Waals surface area contributed by atoms with Crippen LogP contribution in [0.25, 0.3) is 0 Å². The van der Waals surface area contributed by atoms with Gasteiger partial charge in [0.25, 0.3) is 5.69 Å². The number of hydrogen-bond donors (Lipinski definition) is 6. The van der Waals surface area contributed by atoms with Gasteiger partial charge in [-0.3, -0.25) is 24.5 Å². The number of amides is 1. The average Bonchev–Trinajstić information content (AvgIpc) is 3.36. The molecule has 1 aliphatic heterocycles. The van der Waals surface area contributed by atoms with E-state index in [1.165, 1.54) is 33.7 Å². The lowest BCUT2D eigenvalue weighted by Crippen LogP contribution is -2.29. The Morgan fingerprint density at radius 3 is 2.51 bits per heavy atom. The largest absolute Gasteiger partial charge is 0.490 e. The molecule has 22 nitrogen and oxygen atoms in total. The van der Waals surface area contributed by atoms with Gasteiger partial charge in [-0.25, -0.2) is 28.3 Å². The minimum absolute atomic E-state index is 0.0927. The monoisotopic (exact) mass is 787 g/mol. The van der Waals surface area contributed by atoms with Gasteiger partial charge in [0.1, 0.15) is 29.8 Å². The van der Waals surface area contributed by atoms with Crippen molar-refractivity contribution in [3.05, 3.63) is 81.0 Å². The highest BCUT2D eigenvalue weighted by atomic mass is 33.1. The Bertz CT molecular complexity index is 1880. The highest BCUT2D eigenvalue weighted by molar-refractivity contribution is 8.76. The number of aliphatic hydroxyl groups excluding tert-OH is 1. The molecule has 3 heterocycles. The van der Waals surface area contributed by atoms with Crippen molar-refractivity contribution < 1.29 is 70.7 Å². The summed E-state index contributed by atoms with van der Waals surface area (Å²) in [5.41, 5.74) is -1.19. The summed E-state index contributed by atoms with van der Waals surface area (Å²) in [6, 6.07) is 10.9. The molecule has 3 unspecified atom stereocenters. The van der Waals surface area contributed by atoms with Gasteiger partial charge in [-0.1, -0.05) is 16.9 Å². The highest BCUT2D eigenvalue weighted by Crippen LogP contribution is 2.66. The lowest BCUT2D eigenvalue weighted by atomic mass is 10.2. The van der Waals surface area contributed by atoms with Gasteiger partial charge in [-0.05, 0) is 41.1 Å². The number of ether oxygens (including phenoxy) is 2. The van der Waals surface area contributed by atoms with Gasteiger partial charge in [0, 0.05) is 29.8 Å². The van der Waals surface area contributed by atoms with E-state index >= 15 is 0 Å². The SMILES string of the molecule is O=C(Nc1ccn([C@H]2CC(O)[C@@H](COP(=O)(O)OP(=O)(O)OP(=O)(O)O)O2)c(=O)n1)OCc1ccc(SSc2ccccn2)cc1[N+](=O)[O-].